The van der Waals surface area contributed by atoms with Gasteiger partial charge in [0.25, 0.3) is 5.91 Å². The predicted molar refractivity (Wildman–Crippen MR) is 145 cm³/mol. The van der Waals surface area contributed by atoms with Crippen LogP contribution < -0.4 is 9.21 Å². The maximum absolute atomic E-state index is 13.3. The number of benzene rings is 3. The topological polar surface area (TPSA) is 94.0 Å². The first-order valence-corrected chi connectivity index (χ1v) is 13.0. The van der Waals surface area contributed by atoms with E-state index in [9.17, 15) is 18.9 Å². The molecule has 2 heterocycles. The first-order chi connectivity index (χ1) is 17.9. The van der Waals surface area contributed by atoms with Gasteiger partial charge >= 0.3 is 5.97 Å². The summed E-state index contributed by atoms with van der Waals surface area (Å²) in [6.45, 7) is 2.09. The highest BCUT2D eigenvalue weighted by Crippen LogP contribution is 2.26. The summed E-state index contributed by atoms with van der Waals surface area (Å²) in [6.07, 6.45) is 1.69. The van der Waals surface area contributed by atoms with E-state index in [0.29, 0.717) is 47.8 Å². The lowest BCUT2D eigenvalue weighted by atomic mass is 10.1. The molecule has 37 heavy (non-hydrogen) atoms. The molecule has 1 atom stereocenters. The van der Waals surface area contributed by atoms with E-state index in [1.807, 2.05) is 41.3 Å². The Morgan fingerprint density at radius 2 is 1.59 bits per heavy atom. The number of aromatic carboxylic acids is 1. The van der Waals surface area contributed by atoms with Crippen molar-refractivity contribution in [1.82, 2.24) is 9.88 Å². The number of aromatic nitrogens is 1. The number of carbonyl (C=O) groups excluding carboxylic acids is 1. The van der Waals surface area contributed by atoms with Crippen molar-refractivity contribution in [2.45, 2.75) is 4.90 Å². The van der Waals surface area contributed by atoms with Crippen molar-refractivity contribution in [3.05, 3.63) is 96.2 Å². The van der Waals surface area contributed by atoms with Crippen molar-refractivity contribution in [3.63, 3.8) is 0 Å². The van der Waals surface area contributed by atoms with Gasteiger partial charge in [-0.1, -0.05) is 30.3 Å². The normalized spacial score (nSPS) is 14.4. The average molecular weight is 515 g/mol. The minimum Gasteiger partial charge on any atom is -0.478 e. The standard InChI is InChI=1S/C28H26N4O4S/c1-30(37(36)25-10-4-6-20-7-5-15-29-26(20)25)22-13-11-21(12-14-22)27(33)32-18-16-31(17-19-32)24-9-3-2-8-23(24)28(34)35/h2-15H,16-19H2,1H3,(H,34,35). The fourth-order valence-corrected chi connectivity index (χ4v) is 5.68. The molecule has 1 saturated heterocycles. The number of hydrogen-bond acceptors (Lipinski definition) is 5. The minimum atomic E-state index is -1.47. The van der Waals surface area contributed by atoms with Gasteiger partial charge in [0.1, 0.15) is 0 Å². The zero-order valence-electron chi connectivity index (χ0n) is 20.3. The van der Waals surface area contributed by atoms with Gasteiger partial charge in [-0.05, 0) is 48.5 Å². The third-order valence-electron chi connectivity index (χ3n) is 6.55. The van der Waals surface area contributed by atoms with Crippen LogP contribution in [0, 0.1) is 0 Å². The van der Waals surface area contributed by atoms with E-state index in [4.69, 9.17) is 0 Å². The molecule has 1 aliphatic heterocycles. The van der Waals surface area contributed by atoms with Gasteiger partial charge in [-0.3, -0.25) is 14.1 Å². The van der Waals surface area contributed by atoms with Crippen LogP contribution in [0.4, 0.5) is 11.4 Å². The molecule has 1 fully saturated rings. The van der Waals surface area contributed by atoms with Crippen LogP contribution in [0.2, 0.25) is 0 Å². The Balaban J connectivity index is 1.26. The smallest absolute Gasteiger partial charge is 0.337 e. The number of pyridine rings is 1. The first-order valence-electron chi connectivity index (χ1n) is 11.9. The molecule has 0 radical (unpaired) electrons. The molecular formula is C28H26N4O4S. The maximum atomic E-state index is 13.3. The summed E-state index contributed by atoms with van der Waals surface area (Å²) in [6, 6.07) is 23.4. The summed E-state index contributed by atoms with van der Waals surface area (Å²) in [5.74, 6) is -1.04. The summed E-state index contributed by atoms with van der Waals surface area (Å²) in [4.78, 5) is 33.5. The first kappa shape index (κ1) is 24.5. The minimum absolute atomic E-state index is 0.0836. The summed E-state index contributed by atoms with van der Waals surface area (Å²) in [5, 5.41) is 10.4. The van der Waals surface area contributed by atoms with Gasteiger partial charge in [-0.25, -0.2) is 9.00 Å². The van der Waals surface area contributed by atoms with Crippen LogP contribution in [0.15, 0.2) is 90.0 Å². The van der Waals surface area contributed by atoms with Crippen molar-refractivity contribution >= 4 is 45.1 Å². The van der Waals surface area contributed by atoms with Crippen LogP contribution in [0.25, 0.3) is 10.9 Å². The predicted octanol–water partition coefficient (Wildman–Crippen LogP) is 4.05. The second-order valence-electron chi connectivity index (χ2n) is 8.73. The number of anilines is 2. The van der Waals surface area contributed by atoms with Gasteiger partial charge in [0.2, 0.25) is 0 Å². The Morgan fingerprint density at radius 1 is 0.892 bits per heavy atom. The van der Waals surface area contributed by atoms with Gasteiger partial charge in [0.15, 0.2) is 11.0 Å². The summed E-state index contributed by atoms with van der Waals surface area (Å²) < 4.78 is 15.0. The Hall–Kier alpha value is -4.24. The SMILES string of the molecule is CN(c1ccc(C(=O)N2CCN(c3ccccc3C(=O)O)CC2)cc1)S(=O)c1cccc2cccnc12. The fraction of sp³-hybridized carbons (Fsp3) is 0.179. The number of rotatable bonds is 6. The van der Waals surface area contributed by atoms with Crippen LogP contribution in [-0.2, 0) is 11.0 Å². The molecule has 5 rings (SSSR count). The number of para-hydroxylation sites is 2. The van der Waals surface area contributed by atoms with E-state index in [1.165, 1.54) is 0 Å². The van der Waals surface area contributed by atoms with Crippen molar-refractivity contribution in [2.24, 2.45) is 0 Å². The molecule has 8 nitrogen and oxygen atoms in total. The third-order valence-corrected chi connectivity index (χ3v) is 7.97. The molecule has 1 N–H and O–H groups in total. The second kappa shape index (κ2) is 10.4. The van der Waals surface area contributed by atoms with Gasteiger partial charge in [-0.2, -0.15) is 0 Å². The molecule has 1 amide bonds. The zero-order chi connectivity index (χ0) is 25.9. The van der Waals surface area contributed by atoms with Crippen molar-refractivity contribution < 1.29 is 18.9 Å². The monoisotopic (exact) mass is 514 g/mol. The number of carboxylic acid groups (broad SMARTS) is 1. The lowest BCUT2D eigenvalue weighted by Gasteiger charge is -2.36. The summed E-state index contributed by atoms with van der Waals surface area (Å²) in [7, 11) is 0.278. The number of amides is 1. The molecule has 0 aliphatic carbocycles. The molecule has 9 heteroatoms. The van der Waals surface area contributed by atoms with Crippen LogP contribution in [0.5, 0.6) is 0 Å². The Kier molecular flexibility index (Phi) is 6.87. The average Bonchev–Trinajstić information content (AvgIpc) is 2.96. The van der Waals surface area contributed by atoms with E-state index < -0.39 is 17.0 Å². The lowest BCUT2D eigenvalue weighted by molar-refractivity contribution is 0.0693. The van der Waals surface area contributed by atoms with Gasteiger partial charge in [0, 0.05) is 56.1 Å². The highest BCUT2D eigenvalue weighted by atomic mass is 32.2. The molecule has 188 valence electrons. The van der Waals surface area contributed by atoms with Crippen LogP contribution in [0.3, 0.4) is 0 Å². The molecule has 1 unspecified atom stereocenters. The van der Waals surface area contributed by atoms with Crippen LogP contribution >= 0.6 is 0 Å². The lowest BCUT2D eigenvalue weighted by Crippen LogP contribution is -2.49. The highest BCUT2D eigenvalue weighted by molar-refractivity contribution is 7.86. The fourth-order valence-electron chi connectivity index (χ4n) is 4.54. The van der Waals surface area contributed by atoms with E-state index in [2.05, 4.69) is 4.98 Å². The van der Waals surface area contributed by atoms with E-state index in [1.54, 1.807) is 64.9 Å². The second-order valence-corrected chi connectivity index (χ2v) is 10.2. The van der Waals surface area contributed by atoms with Crippen molar-refractivity contribution in [1.29, 1.82) is 0 Å². The van der Waals surface area contributed by atoms with Gasteiger partial charge < -0.3 is 14.9 Å². The van der Waals surface area contributed by atoms with E-state index in [0.717, 1.165) is 11.1 Å². The summed E-state index contributed by atoms with van der Waals surface area (Å²) in [5.41, 5.74) is 2.90. The quantitative estimate of drug-likeness (QED) is 0.417. The highest BCUT2D eigenvalue weighted by Gasteiger charge is 2.25. The van der Waals surface area contributed by atoms with E-state index in [-0.39, 0.29) is 11.5 Å². The van der Waals surface area contributed by atoms with Crippen LogP contribution in [-0.4, -0.2) is 64.3 Å². The van der Waals surface area contributed by atoms with Crippen molar-refractivity contribution in [2.75, 3.05) is 42.4 Å². The van der Waals surface area contributed by atoms with Gasteiger partial charge in [-0.15, -0.1) is 0 Å². The summed E-state index contributed by atoms with van der Waals surface area (Å²) >= 11 is 0. The Morgan fingerprint density at radius 3 is 2.32 bits per heavy atom. The molecular weight excluding hydrogens is 488 g/mol. The molecule has 0 bridgehead atoms. The molecule has 0 saturated carbocycles. The number of fused-ring (bicyclic) bond motifs is 1. The Labute approximate surface area is 217 Å². The number of carboxylic acids is 1. The largest absolute Gasteiger partial charge is 0.478 e. The molecule has 1 aliphatic rings. The van der Waals surface area contributed by atoms with E-state index >= 15 is 0 Å². The number of carbonyl (C=O) groups is 2. The third kappa shape index (κ3) is 4.90. The number of piperazine rings is 1. The number of hydrogen-bond donors (Lipinski definition) is 1. The molecule has 4 aromatic rings. The molecule has 1 aromatic heterocycles. The van der Waals surface area contributed by atoms with Gasteiger partial charge in [0.05, 0.1) is 21.7 Å². The number of nitrogens with zero attached hydrogens (tertiary/aromatic N) is 4. The van der Waals surface area contributed by atoms with Crippen molar-refractivity contribution in [3.8, 4) is 0 Å². The van der Waals surface area contributed by atoms with Crippen LogP contribution in [0.1, 0.15) is 20.7 Å². The Bertz CT molecular complexity index is 1480. The maximum Gasteiger partial charge on any atom is 0.337 e. The zero-order valence-corrected chi connectivity index (χ0v) is 21.1. The molecule has 3 aromatic carbocycles. The molecule has 0 spiro atoms.